The maximum atomic E-state index is 11.5. The summed E-state index contributed by atoms with van der Waals surface area (Å²) in [6.45, 7) is 0. The molecule has 0 aliphatic carbocycles. The highest BCUT2D eigenvalue weighted by Crippen LogP contribution is 2.33. The van der Waals surface area contributed by atoms with Crippen molar-refractivity contribution in [3.05, 3.63) is 29.8 Å². The first-order chi connectivity index (χ1) is 6.25. The molecule has 1 aromatic rings. The third kappa shape index (κ3) is 1.03. The van der Waals surface area contributed by atoms with E-state index < -0.39 is 6.04 Å². The van der Waals surface area contributed by atoms with E-state index in [-0.39, 0.29) is 5.91 Å². The number of anilines is 1. The number of carbonyl (C=O) groups is 1. The van der Waals surface area contributed by atoms with E-state index in [0.717, 1.165) is 11.3 Å². The summed E-state index contributed by atoms with van der Waals surface area (Å²) in [7, 11) is 1.69. The normalized spacial score (nSPS) is 20.6. The number of rotatable bonds is 1. The molecule has 4 heteroatoms. The van der Waals surface area contributed by atoms with E-state index in [2.05, 4.69) is 0 Å². The monoisotopic (exact) mass is 178 g/mol. The second-order valence-electron chi connectivity index (χ2n) is 3.02. The van der Waals surface area contributed by atoms with Crippen molar-refractivity contribution in [2.75, 3.05) is 11.9 Å². The summed E-state index contributed by atoms with van der Waals surface area (Å²) in [4.78, 5) is 13.0. The van der Waals surface area contributed by atoms with E-state index in [9.17, 15) is 4.79 Å². The van der Waals surface area contributed by atoms with E-state index in [1.54, 1.807) is 7.05 Å². The Morgan fingerprint density at radius 2 is 2.15 bits per heavy atom. The Labute approximate surface area is 75.7 Å². The van der Waals surface area contributed by atoms with Gasteiger partial charge in [-0.05, 0) is 6.07 Å². The fraction of sp³-hybridized carbons (Fsp3) is 0.222. The SMILES string of the molecule is CN1C(=O)C(NO)c2ccccc21. The molecule has 1 atom stereocenters. The molecule has 0 aromatic heterocycles. The average Bonchev–Trinajstić information content (AvgIpc) is 2.41. The van der Waals surface area contributed by atoms with Gasteiger partial charge in [0.1, 0.15) is 6.04 Å². The molecule has 13 heavy (non-hydrogen) atoms. The number of hydroxylamine groups is 1. The number of hydrogen-bond donors (Lipinski definition) is 2. The summed E-state index contributed by atoms with van der Waals surface area (Å²) in [6.07, 6.45) is 0. The molecule has 0 spiro atoms. The van der Waals surface area contributed by atoms with Crippen LogP contribution in [0, 0.1) is 0 Å². The second kappa shape index (κ2) is 2.83. The summed E-state index contributed by atoms with van der Waals surface area (Å²) in [5.74, 6) is -0.135. The molecule has 0 bridgehead atoms. The third-order valence-electron chi connectivity index (χ3n) is 2.32. The van der Waals surface area contributed by atoms with E-state index in [1.807, 2.05) is 29.7 Å². The van der Waals surface area contributed by atoms with Gasteiger partial charge in [0.25, 0.3) is 5.91 Å². The van der Waals surface area contributed by atoms with Crippen LogP contribution in [-0.4, -0.2) is 18.2 Å². The van der Waals surface area contributed by atoms with Crippen LogP contribution in [0.25, 0.3) is 0 Å². The predicted octanol–water partition coefficient (Wildman–Crippen LogP) is 0.683. The van der Waals surface area contributed by atoms with Crippen LogP contribution in [0.15, 0.2) is 24.3 Å². The van der Waals surface area contributed by atoms with Crippen molar-refractivity contribution in [3.63, 3.8) is 0 Å². The zero-order valence-electron chi connectivity index (χ0n) is 7.19. The lowest BCUT2D eigenvalue weighted by Gasteiger charge is -2.09. The zero-order valence-corrected chi connectivity index (χ0v) is 7.19. The van der Waals surface area contributed by atoms with Gasteiger partial charge in [-0.15, -0.1) is 0 Å². The molecular weight excluding hydrogens is 168 g/mol. The molecule has 1 aliphatic heterocycles. The van der Waals surface area contributed by atoms with Gasteiger partial charge in [0, 0.05) is 18.3 Å². The molecular formula is C9H10N2O2. The van der Waals surface area contributed by atoms with Crippen LogP contribution in [0.4, 0.5) is 5.69 Å². The van der Waals surface area contributed by atoms with Gasteiger partial charge < -0.3 is 10.1 Å². The second-order valence-corrected chi connectivity index (χ2v) is 3.02. The quantitative estimate of drug-likeness (QED) is 0.622. The van der Waals surface area contributed by atoms with Crippen LogP contribution >= 0.6 is 0 Å². The summed E-state index contributed by atoms with van der Waals surface area (Å²) in [6, 6.07) is 6.77. The fourth-order valence-corrected chi connectivity index (χ4v) is 1.61. The van der Waals surface area contributed by atoms with Crippen LogP contribution < -0.4 is 10.4 Å². The number of nitrogens with zero attached hydrogens (tertiary/aromatic N) is 1. The molecule has 1 amide bonds. The standard InChI is InChI=1S/C9H10N2O2/c1-11-7-5-3-2-4-6(7)8(10-13)9(11)12/h2-5,8,10,13H,1H3. The van der Waals surface area contributed by atoms with Crippen molar-refractivity contribution in [3.8, 4) is 0 Å². The first kappa shape index (κ1) is 8.22. The van der Waals surface area contributed by atoms with Crippen LogP contribution in [0.3, 0.4) is 0 Å². The van der Waals surface area contributed by atoms with Gasteiger partial charge in [0.15, 0.2) is 0 Å². The first-order valence-electron chi connectivity index (χ1n) is 4.02. The van der Waals surface area contributed by atoms with Gasteiger partial charge in [-0.1, -0.05) is 18.2 Å². The van der Waals surface area contributed by atoms with Gasteiger partial charge in [-0.25, -0.2) is 0 Å². The minimum absolute atomic E-state index is 0.135. The summed E-state index contributed by atoms with van der Waals surface area (Å²) in [5.41, 5.74) is 3.67. The number of fused-ring (bicyclic) bond motifs is 1. The van der Waals surface area contributed by atoms with Crippen LogP contribution in [0.5, 0.6) is 0 Å². The van der Waals surface area contributed by atoms with E-state index in [1.165, 1.54) is 4.90 Å². The van der Waals surface area contributed by atoms with Crippen molar-refractivity contribution in [1.29, 1.82) is 0 Å². The Balaban J connectivity index is 2.53. The molecule has 0 saturated heterocycles. The van der Waals surface area contributed by atoms with Crippen LogP contribution in [-0.2, 0) is 4.79 Å². The number of benzene rings is 1. The smallest absolute Gasteiger partial charge is 0.250 e. The highest BCUT2D eigenvalue weighted by Gasteiger charge is 2.34. The van der Waals surface area contributed by atoms with Crippen molar-refractivity contribution >= 4 is 11.6 Å². The highest BCUT2D eigenvalue weighted by atomic mass is 16.5. The van der Waals surface area contributed by atoms with Gasteiger partial charge in [-0.3, -0.25) is 4.79 Å². The van der Waals surface area contributed by atoms with Crippen LogP contribution in [0.2, 0.25) is 0 Å². The lowest BCUT2D eigenvalue weighted by atomic mass is 10.1. The Bertz CT molecular complexity index is 351. The lowest BCUT2D eigenvalue weighted by molar-refractivity contribution is -0.122. The lowest BCUT2D eigenvalue weighted by Crippen LogP contribution is -2.30. The zero-order chi connectivity index (χ0) is 9.42. The third-order valence-corrected chi connectivity index (χ3v) is 2.32. The minimum Gasteiger partial charge on any atom is -0.316 e. The largest absolute Gasteiger partial charge is 0.316 e. The first-order valence-corrected chi connectivity index (χ1v) is 4.02. The van der Waals surface area contributed by atoms with Crippen molar-refractivity contribution in [1.82, 2.24) is 5.48 Å². The molecule has 1 unspecified atom stereocenters. The van der Waals surface area contributed by atoms with Crippen LogP contribution in [0.1, 0.15) is 11.6 Å². The topological polar surface area (TPSA) is 52.6 Å². The molecule has 68 valence electrons. The van der Waals surface area contributed by atoms with Gasteiger partial charge in [0.05, 0.1) is 0 Å². The summed E-state index contributed by atoms with van der Waals surface area (Å²) < 4.78 is 0. The molecule has 1 heterocycles. The number of nitrogens with one attached hydrogen (secondary N) is 1. The number of para-hydroxylation sites is 1. The Hall–Kier alpha value is -1.39. The molecule has 4 nitrogen and oxygen atoms in total. The van der Waals surface area contributed by atoms with E-state index in [4.69, 9.17) is 5.21 Å². The Morgan fingerprint density at radius 1 is 1.46 bits per heavy atom. The molecule has 0 fully saturated rings. The summed E-state index contributed by atoms with van der Waals surface area (Å²) >= 11 is 0. The number of carbonyl (C=O) groups excluding carboxylic acids is 1. The summed E-state index contributed by atoms with van der Waals surface area (Å²) in [5, 5.41) is 8.80. The Morgan fingerprint density at radius 3 is 2.85 bits per heavy atom. The van der Waals surface area contributed by atoms with Crippen molar-refractivity contribution in [2.24, 2.45) is 0 Å². The molecule has 1 aromatic carbocycles. The molecule has 1 aliphatic rings. The molecule has 0 saturated carbocycles. The van der Waals surface area contributed by atoms with Crippen molar-refractivity contribution < 1.29 is 10.0 Å². The maximum absolute atomic E-state index is 11.5. The Kier molecular flexibility index (Phi) is 1.79. The molecule has 0 radical (unpaired) electrons. The minimum atomic E-state index is -0.610. The molecule has 2 rings (SSSR count). The predicted molar refractivity (Wildman–Crippen MR) is 47.5 cm³/mol. The van der Waals surface area contributed by atoms with E-state index >= 15 is 0 Å². The number of hydrogen-bond acceptors (Lipinski definition) is 3. The molecule has 2 N–H and O–H groups in total. The fourth-order valence-electron chi connectivity index (χ4n) is 1.61. The number of likely N-dealkylation sites (N-methyl/N-ethyl adjacent to an activating group) is 1. The number of amides is 1. The maximum Gasteiger partial charge on any atom is 0.250 e. The van der Waals surface area contributed by atoms with Gasteiger partial charge >= 0.3 is 0 Å². The average molecular weight is 178 g/mol. The van der Waals surface area contributed by atoms with Gasteiger partial charge in [0.2, 0.25) is 0 Å². The van der Waals surface area contributed by atoms with Gasteiger partial charge in [-0.2, -0.15) is 5.48 Å². The highest BCUT2D eigenvalue weighted by molar-refractivity contribution is 6.04. The van der Waals surface area contributed by atoms with Crippen molar-refractivity contribution in [2.45, 2.75) is 6.04 Å². The van der Waals surface area contributed by atoms with E-state index in [0.29, 0.717) is 0 Å².